The first kappa shape index (κ1) is 9.09. The lowest BCUT2D eigenvalue weighted by molar-refractivity contribution is 0.207. The quantitative estimate of drug-likeness (QED) is 0.634. The molecule has 1 rings (SSSR count). The van der Waals surface area contributed by atoms with Crippen LogP contribution in [0.15, 0.2) is 18.6 Å². The Morgan fingerprint density at radius 2 is 2.33 bits per heavy atom. The van der Waals surface area contributed by atoms with Crippen LogP contribution in [0.1, 0.15) is 19.5 Å². The van der Waals surface area contributed by atoms with Crippen molar-refractivity contribution < 1.29 is 5.11 Å². The van der Waals surface area contributed by atoms with Crippen molar-refractivity contribution in [1.82, 2.24) is 15.3 Å². The molecule has 1 aromatic heterocycles. The molecule has 4 heteroatoms. The second-order valence-corrected chi connectivity index (χ2v) is 3.05. The molecule has 0 aliphatic carbocycles. The van der Waals surface area contributed by atoms with Crippen molar-refractivity contribution in [2.45, 2.75) is 19.4 Å². The van der Waals surface area contributed by atoms with Crippen molar-refractivity contribution >= 4 is 0 Å². The number of aliphatic hydroxyl groups is 1. The van der Waals surface area contributed by atoms with Gasteiger partial charge in [0.25, 0.3) is 0 Å². The maximum absolute atomic E-state index is 8.71. The Kier molecular flexibility index (Phi) is 2.73. The summed E-state index contributed by atoms with van der Waals surface area (Å²) >= 11 is 0. The largest absolute Gasteiger partial charge is 0.381 e. The molecular formula is C8H13N3O. The third-order valence-corrected chi connectivity index (χ3v) is 1.74. The van der Waals surface area contributed by atoms with E-state index in [4.69, 9.17) is 5.11 Å². The number of hydrogen-bond acceptors (Lipinski definition) is 4. The third-order valence-electron chi connectivity index (χ3n) is 1.74. The van der Waals surface area contributed by atoms with E-state index in [-0.39, 0.29) is 12.3 Å². The minimum absolute atomic E-state index is 0.0585. The van der Waals surface area contributed by atoms with Gasteiger partial charge in [-0.2, -0.15) is 0 Å². The van der Waals surface area contributed by atoms with Gasteiger partial charge in [0.2, 0.25) is 0 Å². The highest BCUT2D eigenvalue weighted by atomic mass is 16.3. The zero-order chi connectivity index (χ0) is 9.03. The zero-order valence-electron chi connectivity index (χ0n) is 7.28. The second-order valence-electron chi connectivity index (χ2n) is 3.05. The van der Waals surface area contributed by atoms with Gasteiger partial charge in [-0.1, -0.05) is 0 Å². The van der Waals surface area contributed by atoms with E-state index in [1.165, 1.54) is 6.33 Å². The van der Waals surface area contributed by atoms with Crippen LogP contribution in [0.2, 0.25) is 0 Å². The molecule has 0 radical (unpaired) electrons. The van der Waals surface area contributed by atoms with Gasteiger partial charge in [-0.25, -0.2) is 9.97 Å². The van der Waals surface area contributed by atoms with E-state index >= 15 is 0 Å². The van der Waals surface area contributed by atoms with Gasteiger partial charge in [0.1, 0.15) is 6.33 Å². The molecule has 0 aliphatic heterocycles. The second kappa shape index (κ2) is 3.60. The molecule has 0 aliphatic rings. The highest BCUT2D eigenvalue weighted by Gasteiger charge is 2.19. The minimum atomic E-state index is -0.308. The lowest BCUT2D eigenvalue weighted by atomic mass is 10.0. The van der Waals surface area contributed by atoms with E-state index in [0.29, 0.717) is 0 Å². The summed E-state index contributed by atoms with van der Waals surface area (Å²) in [6.07, 6.45) is 3.18. The van der Waals surface area contributed by atoms with Gasteiger partial charge in [0.15, 0.2) is 0 Å². The van der Waals surface area contributed by atoms with Crippen LogP contribution in [-0.4, -0.2) is 21.8 Å². The lowest BCUT2D eigenvalue weighted by Gasteiger charge is -2.23. The molecule has 0 saturated heterocycles. The van der Waals surface area contributed by atoms with Gasteiger partial charge in [0, 0.05) is 6.20 Å². The molecule has 2 N–H and O–H groups in total. The Balaban J connectivity index is 2.82. The molecule has 0 spiro atoms. The number of aromatic nitrogens is 2. The van der Waals surface area contributed by atoms with Crippen molar-refractivity contribution in [3.05, 3.63) is 24.3 Å². The summed E-state index contributed by atoms with van der Waals surface area (Å²) in [5.74, 6) is 0. The molecule has 0 saturated carbocycles. The van der Waals surface area contributed by atoms with E-state index in [1.807, 2.05) is 19.9 Å². The van der Waals surface area contributed by atoms with Crippen molar-refractivity contribution in [2.75, 3.05) is 6.73 Å². The molecular weight excluding hydrogens is 154 g/mol. The SMILES string of the molecule is CC(C)(NCO)c1ccncn1. The van der Waals surface area contributed by atoms with Crippen LogP contribution in [0.4, 0.5) is 0 Å². The van der Waals surface area contributed by atoms with Crippen LogP contribution in [0, 0.1) is 0 Å². The molecule has 0 aromatic carbocycles. The monoisotopic (exact) mass is 167 g/mol. The van der Waals surface area contributed by atoms with Gasteiger partial charge in [-0.3, -0.25) is 5.32 Å². The Morgan fingerprint density at radius 1 is 1.58 bits per heavy atom. The summed E-state index contributed by atoms with van der Waals surface area (Å²) in [5, 5.41) is 11.6. The molecule has 12 heavy (non-hydrogen) atoms. The maximum Gasteiger partial charge on any atom is 0.115 e. The lowest BCUT2D eigenvalue weighted by Crippen LogP contribution is -2.37. The number of aliphatic hydroxyl groups excluding tert-OH is 1. The van der Waals surface area contributed by atoms with E-state index in [9.17, 15) is 0 Å². The average Bonchev–Trinajstić information content (AvgIpc) is 2.06. The number of nitrogens with zero attached hydrogens (tertiary/aromatic N) is 2. The fourth-order valence-electron chi connectivity index (χ4n) is 0.949. The molecule has 0 fully saturated rings. The predicted octanol–water partition coefficient (Wildman–Crippen LogP) is 0.251. The van der Waals surface area contributed by atoms with E-state index < -0.39 is 0 Å². The van der Waals surface area contributed by atoms with Gasteiger partial charge < -0.3 is 5.11 Å². The van der Waals surface area contributed by atoms with Crippen molar-refractivity contribution in [2.24, 2.45) is 0 Å². The first-order valence-corrected chi connectivity index (χ1v) is 3.79. The molecule has 66 valence electrons. The van der Waals surface area contributed by atoms with Crippen LogP contribution in [0.3, 0.4) is 0 Å². The Bertz CT molecular complexity index is 235. The van der Waals surface area contributed by atoms with Gasteiger partial charge >= 0.3 is 0 Å². The van der Waals surface area contributed by atoms with Crippen LogP contribution in [-0.2, 0) is 5.54 Å². The fourth-order valence-corrected chi connectivity index (χ4v) is 0.949. The average molecular weight is 167 g/mol. The van der Waals surface area contributed by atoms with Crippen LogP contribution in [0.5, 0.6) is 0 Å². The molecule has 0 bridgehead atoms. The summed E-state index contributed by atoms with van der Waals surface area (Å²) in [4.78, 5) is 7.90. The molecule has 1 heterocycles. The van der Waals surface area contributed by atoms with E-state index in [2.05, 4.69) is 15.3 Å². The summed E-state index contributed by atoms with van der Waals surface area (Å²) in [6.45, 7) is 3.84. The van der Waals surface area contributed by atoms with Crippen LogP contribution in [0.25, 0.3) is 0 Å². The summed E-state index contributed by atoms with van der Waals surface area (Å²) in [7, 11) is 0. The third kappa shape index (κ3) is 1.99. The summed E-state index contributed by atoms with van der Waals surface area (Å²) in [6, 6.07) is 1.82. The van der Waals surface area contributed by atoms with Gasteiger partial charge in [-0.15, -0.1) is 0 Å². The summed E-state index contributed by atoms with van der Waals surface area (Å²) in [5.41, 5.74) is 0.559. The smallest absolute Gasteiger partial charge is 0.115 e. The van der Waals surface area contributed by atoms with E-state index in [0.717, 1.165) is 5.69 Å². The Labute approximate surface area is 71.7 Å². The Morgan fingerprint density at radius 3 is 2.83 bits per heavy atom. The molecule has 0 atom stereocenters. The van der Waals surface area contributed by atoms with Crippen molar-refractivity contribution in [1.29, 1.82) is 0 Å². The maximum atomic E-state index is 8.71. The summed E-state index contributed by atoms with van der Waals surface area (Å²) < 4.78 is 0. The molecule has 4 nitrogen and oxygen atoms in total. The normalized spacial score (nSPS) is 11.6. The molecule has 0 amide bonds. The highest BCUT2D eigenvalue weighted by molar-refractivity contribution is 5.09. The van der Waals surface area contributed by atoms with E-state index in [1.54, 1.807) is 6.20 Å². The first-order chi connectivity index (χ1) is 5.67. The topological polar surface area (TPSA) is 58.0 Å². The standard InChI is InChI=1S/C8H13N3O/c1-8(2,11-6-12)7-3-4-9-5-10-7/h3-5,11-12H,6H2,1-2H3. The fraction of sp³-hybridized carbons (Fsp3) is 0.500. The van der Waals surface area contributed by atoms with Gasteiger partial charge in [0.05, 0.1) is 18.0 Å². The minimum Gasteiger partial charge on any atom is -0.381 e. The molecule has 0 unspecified atom stereocenters. The van der Waals surface area contributed by atoms with Gasteiger partial charge in [-0.05, 0) is 19.9 Å². The van der Waals surface area contributed by atoms with Crippen molar-refractivity contribution in [3.63, 3.8) is 0 Å². The van der Waals surface area contributed by atoms with Crippen LogP contribution < -0.4 is 5.32 Å². The van der Waals surface area contributed by atoms with Crippen molar-refractivity contribution in [3.8, 4) is 0 Å². The first-order valence-electron chi connectivity index (χ1n) is 3.79. The predicted molar refractivity (Wildman–Crippen MR) is 45.3 cm³/mol. The zero-order valence-corrected chi connectivity index (χ0v) is 7.28. The number of hydrogen-bond donors (Lipinski definition) is 2. The Hall–Kier alpha value is -1.00. The highest BCUT2D eigenvalue weighted by Crippen LogP contribution is 2.15. The number of nitrogens with one attached hydrogen (secondary N) is 1. The number of rotatable bonds is 3. The molecule has 1 aromatic rings. The van der Waals surface area contributed by atoms with Crippen LogP contribution >= 0.6 is 0 Å².